The van der Waals surface area contributed by atoms with Crippen LogP contribution < -0.4 is 16.4 Å². The average Bonchev–Trinajstić information content (AvgIpc) is 2.75. The summed E-state index contributed by atoms with van der Waals surface area (Å²) in [5.41, 5.74) is 8.20. The number of rotatable bonds is 2. The molecule has 4 nitrogen and oxygen atoms in total. The molecule has 1 fully saturated rings. The predicted octanol–water partition coefficient (Wildman–Crippen LogP) is 2.64. The highest BCUT2D eigenvalue weighted by molar-refractivity contribution is 5.92. The van der Waals surface area contributed by atoms with Gasteiger partial charge in [-0.15, -0.1) is 0 Å². The van der Waals surface area contributed by atoms with E-state index in [4.69, 9.17) is 5.73 Å². The lowest BCUT2D eigenvalue weighted by Crippen LogP contribution is -2.36. The zero-order chi connectivity index (χ0) is 12.3. The first kappa shape index (κ1) is 11.8. The Balaban J connectivity index is 1.93. The number of carbonyl (C=O) groups excluding carboxylic acids is 1. The minimum atomic E-state index is -0.160. The van der Waals surface area contributed by atoms with Gasteiger partial charge < -0.3 is 16.4 Å². The summed E-state index contributed by atoms with van der Waals surface area (Å²) in [6.07, 6.45) is 4.57. The Kier molecular flexibility index (Phi) is 3.52. The maximum Gasteiger partial charge on any atom is 0.319 e. The third kappa shape index (κ3) is 3.12. The van der Waals surface area contributed by atoms with Gasteiger partial charge in [-0.25, -0.2) is 4.79 Å². The number of anilines is 2. The molecule has 0 unspecified atom stereocenters. The number of nitrogens with two attached hydrogens (primary N) is 1. The van der Waals surface area contributed by atoms with Crippen LogP contribution in [0.5, 0.6) is 0 Å². The normalized spacial score (nSPS) is 15.8. The fourth-order valence-electron chi connectivity index (χ4n) is 2.21. The second-order valence-electron chi connectivity index (χ2n) is 4.67. The first-order valence-corrected chi connectivity index (χ1v) is 6.09. The van der Waals surface area contributed by atoms with Gasteiger partial charge in [-0.2, -0.15) is 0 Å². The molecule has 0 aromatic heterocycles. The van der Waals surface area contributed by atoms with Gasteiger partial charge in [0.15, 0.2) is 0 Å². The number of urea groups is 1. The SMILES string of the molecule is Cc1ccc(NC(=O)NC2CCCC2)c(N)c1. The molecule has 2 rings (SSSR count). The Morgan fingerprint density at radius 1 is 1.35 bits per heavy atom. The molecular weight excluding hydrogens is 214 g/mol. The largest absolute Gasteiger partial charge is 0.397 e. The van der Waals surface area contributed by atoms with Gasteiger partial charge in [0, 0.05) is 6.04 Å². The van der Waals surface area contributed by atoms with Crippen molar-refractivity contribution in [3.63, 3.8) is 0 Å². The molecule has 92 valence electrons. The van der Waals surface area contributed by atoms with Gasteiger partial charge in [0.05, 0.1) is 11.4 Å². The Bertz CT molecular complexity index is 411. The van der Waals surface area contributed by atoms with Crippen LogP contribution in [0.1, 0.15) is 31.2 Å². The minimum Gasteiger partial charge on any atom is -0.397 e. The number of amides is 2. The number of nitrogens with one attached hydrogen (secondary N) is 2. The number of nitrogen functional groups attached to an aromatic ring is 1. The van der Waals surface area contributed by atoms with Crippen molar-refractivity contribution in [2.24, 2.45) is 0 Å². The number of aryl methyl sites for hydroxylation is 1. The van der Waals surface area contributed by atoms with Crippen molar-refractivity contribution in [1.82, 2.24) is 5.32 Å². The summed E-state index contributed by atoms with van der Waals surface area (Å²) in [4.78, 5) is 11.7. The number of benzene rings is 1. The highest BCUT2D eigenvalue weighted by Gasteiger charge is 2.17. The molecule has 1 aromatic carbocycles. The van der Waals surface area contributed by atoms with Crippen molar-refractivity contribution in [3.8, 4) is 0 Å². The van der Waals surface area contributed by atoms with E-state index in [9.17, 15) is 4.79 Å². The molecule has 1 aliphatic carbocycles. The van der Waals surface area contributed by atoms with Gasteiger partial charge in [0.25, 0.3) is 0 Å². The topological polar surface area (TPSA) is 67.2 Å². The van der Waals surface area contributed by atoms with Crippen molar-refractivity contribution in [2.75, 3.05) is 11.1 Å². The molecule has 1 aliphatic rings. The molecule has 0 atom stereocenters. The van der Waals surface area contributed by atoms with Crippen LogP contribution in [-0.4, -0.2) is 12.1 Å². The zero-order valence-electron chi connectivity index (χ0n) is 10.1. The summed E-state index contributed by atoms with van der Waals surface area (Å²) >= 11 is 0. The van der Waals surface area contributed by atoms with Crippen molar-refractivity contribution in [2.45, 2.75) is 38.6 Å². The fraction of sp³-hybridized carbons (Fsp3) is 0.462. The molecule has 4 N–H and O–H groups in total. The van der Waals surface area contributed by atoms with Crippen LogP contribution >= 0.6 is 0 Å². The first-order valence-electron chi connectivity index (χ1n) is 6.09. The first-order chi connectivity index (χ1) is 8.15. The second kappa shape index (κ2) is 5.08. The quantitative estimate of drug-likeness (QED) is 0.687. The Morgan fingerprint density at radius 3 is 2.71 bits per heavy atom. The summed E-state index contributed by atoms with van der Waals surface area (Å²) in [6.45, 7) is 1.97. The van der Waals surface area contributed by atoms with Gasteiger partial charge in [-0.1, -0.05) is 18.9 Å². The molecule has 0 saturated heterocycles. The zero-order valence-corrected chi connectivity index (χ0v) is 10.1. The lowest BCUT2D eigenvalue weighted by atomic mass is 10.2. The van der Waals surface area contributed by atoms with E-state index in [2.05, 4.69) is 10.6 Å². The summed E-state index contributed by atoms with van der Waals surface area (Å²) in [6, 6.07) is 5.78. The molecule has 0 spiro atoms. The lowest BCUT2D eigenvalue weighted by Gasteiger charge is -2.14. The maximum absolute atomic E-state index is 11.7. The Hall–Kier alpha value is -1.71. The van der Waals surface area contributed by atoms with Crippen LogP contribution in [0.3, 0.4) is 0 Å². The van der Waals surface area contributed by atoms with E-state index < -0.39 is 0 Å². The molecule has 0 heterocycles. The van der Waals surface area contributed by atoms with E-state index in [0.717, 1.165) is 18.4 Å². The molecule has 0 bridgehead atoms. The van der Waals surface area contributed by atoms with Crippen molar-refractivity contribution in [3.05, 3.63) is 23.8 Å². The van der Waals surface area contributed by atoms with Crippen molar-refractivity contribution >= 4 is 17.4 Å². The highest BCUT2D eigenvalue weighted by Crippen LogP contribution is 2.20. The van der Waals surface area contributed by atoms with Gasteiger partial charge in [-0.05, 0) is 37.5 Å². The molecule has 0 radical (unpaired) electrons. The minimum absolute atomic E-state index is 0.160. The van der Waals surface area contributed by atoms with E-state index in [1.54, 1.807) is 0 Å². The average molecular weight is 233 g/mol. The smallest absolute Gasteiger partial charge is 0.319 e. The van der Waals surface area contributed by atoms with Crippen LogP contribution in [-0.2, 0) is 0 Å². The van der Waals surface area contributed by atoms with Gasteiger partial charge in [0.2, 0.25) is 0 Å². The summed E-state index contributed by atoms with van der Waals surface area (Å²) in [7, 11) is 0. The van der Waals surface area contributed by atoms with E-state index in [1.807, 2.05) is 25.1 Å². The molecular formula is C13H19N3O. The Labute approximate surface area is 102 Å². The van der Waals surface area contributed by atoms with Crippen LogP contribution in [0.4, 0.5) is 16.2 Å². The van der Waals surface area contributed by atoms with Crippen LogP contribution in [0.25, 0.3) is 0 Å². The van der Waals surface area contributed by atoms with Crippen molar-refractivity contribution < 1.29 is 4.79 Å². The second-order valence-corrected chi connectivity index (χ2v) is 4.67. The fourth-order valence-corrected chi connectivity index (χ4v) is 2.21. The third-order valence-electron chi connectivity index (χ3n) is 3.15. The molecule has 17 heavy (non-hydrogen) atoms. The van der Waals surface area contributed by atoms with E-state index in [-0.39, 0.29) is 6.03 Å². The molecule has 1 aromatic rings. The van der Waals surface area contributed by atoms with Gasteiger partial charge >= 0.3 is 6.03 Å². The van der Waals surface area contributed by atoms with E-state index in [1.165, 1.54) is 12.8 Å². The predicted molar refractivity (Wildman–Crippen MR) is 70.0 cm³/mol. The maximum atomic E-state index is 11.7. The van der Waals surface area contributed by atoms with Crippen LogP contribution in [0, 0.1) is 6.92 Å². The molecule has 1 saturated carbocycles. The summed E-state index contributed by atoms with van der Waals surface area (Å²) < 4.78 is 0. The van der Waals surface area contributed by atoms with Gasteiger partial charge in [0.1, 0.15) is 0 Å². The Morgan fingerprint density at radius 2 is 2.06 bits per heavy atom. The van der Waals surface area contributed by atoms with Crippen LogP contribution in [0.2, 0.25) is 0 Å². The lowest BCUT2D eigenvalue weighted by molar-refractivity contribution is 0.248. The van der Waals surface area contributed by atoms with E-state index in [0.29, 0.717) is 17.4 Å². The number of hydrogen-bond acceptors (Lipinski definition) is 2. The standard InChI is InChI=1S/C13H19N3O/c1-9-6-7-12(11(14)8-9)16-13(17)15-10-4-2-3-5-10/h6-8,10H,2-5,14H2,1H3,(H2,15,16,17). The van der Waals surface area contributed by atoms with Gasteiger partial charge in [-0.3, -0.25) is 0 Å². The highest BCUT2D eigenvalue weighted by atomic mass is 16.2. The summed E-state index contributed by atoms with van der Waals surface area (Å²) in [5.74, 6) is 0. The number of hydrogen-bond donors (Lipinski definition) is 3. The molecule has 4 heteroatoms. The monoisotopic (exact) mass is 233 g/mol. The molecule has 0 aliphatic heterocycles. The summed E-state index contributed by atoms with van der Waals surface area (Å²) in [5, 5.41) is 5.75. The van der Waals surface area contributed by atoms with E-state index >= 15 is 0 Å². The third-order valence-corrected chi connectivity index (χ3v) is 3.15. The molecule has 2 amide bonds. The van der Waals surface area contributed by atoms with Crippen molar-refractivity contribution in [1.29, 1.82) is 0 Å². The number of carbonyl (C=O) groups is 1. The van der Waals surface area contributed by atoms with Crippen LogP contribution in [0.15, 0.2) is 18.2 Å².